The average molecular weight is 363 g/mol. The van der Waals surface area contributed by atoms with Crippen LogP contribution in [0, 0.1) is 16.7 Å². The number of para-hydroxylation sites is 1. The number of carbonyl (C=O) groups excluding carboxylic acids is 1. The summed E-state index contributed by atoms with van der Waals surface area (Å²) in [6, 6.07) is 8.12. The summed E-state index contributed by atoms with van der Waals surface area (Å²) < 4.78 is 11.4. The Morgan fingerprint density at radius 3 is 2.19 bits per heavy atom. The molecule has 26 heavy (non-hydrogen) atoms. The lowest BCUT2D eigenvalue weighted by atomic mass is 9.54. The molecule has 0 heterocycles. The van der Waals surface area contributed by atoms with Crippen LogP contribution in [-0.4, -0.2) is 19.7 Å². The van der Waals surface area contributed by atoms with E-state index < -0.39 is 5.41 Å². The van der Waals surface area contributed by atoms with Crippen molar-refractivity contribution < 1.29 is 14.3 Å². The van der Waals surface area contributed by atoms with E-state index >= 15 is 0 Å². The van der Waals surface area contributed by atoms with Crippen molar-refractivity contribution >= 4 is 5.97 Å². The summed E-state index contributed by atoms with van der Waals surface area (Å²) in [4.78, 5) is 13.5. The van der Waals surface area contributed by atoms with Crippen molar-refractivity contribution in [3.63, 3.8) is 0 Å². The van der Waals surface area contributed by atoms with E-state index in [2.05, 4.69) is 47.6 Å². The van der Waals surface area contributed by atoms with E-state index in [1.807, 2.05) is 25.1 Å². The second-order valence-corrected chi connectivity index (χ2v) is 8.62. The quantitative estimate of drug-likeness (QED) is 0.489. The van der Waals surface area contributed by atoms with E-state index in [0.717, 1.165) is 30.6 Å². The molecule has 1 aromatic rings. The van der Waals surface area contributed by atoms with Gasteiger partial charge in [-0.2, -0.15) is 0 Å². The lowest BCUT2D eigenvalue weighted by molar-refractivity contribution is -0.168. The zero-order valence-corrected chi connectivity index (χ0v) is 18.0. The first kappa shape index (κ1) is 22.5. The zero-order chi connectivity index (χ0) is 20.0. The third-order valence-electron chi connectivity index (χ3n) is 5.39. The summed E-state index contributed by atoms with van der Waals surface area (Å²) in [5, 5.41) is 0. The second kappa shape index (κ2) is 9.43. The predicted octanol–water partition coefficient (Wildman–Crippen LogP) is 6.22. The minimum atomic E-state index is -0.609. The fourth-order valence-corrected chi connectivity index (χ4v) is 4.32. The molecule has 148 valence electrons. The molecule has 0 radical (unpaired) electrons. The number of hydrogen-bond acceptors (Lipinski definition) is 3. The molecule has 0 fully saturated rings. The van der Waals surface area contributed by atoms with E-state index in [-0.39, 0.29) is 17.3 Å². The van der Waals surface area contributed by atoms with Gasteiger partial charge >= 0.3 is 5.97 Å². The number of carbonyl (C=O) groups is 1. The number of benzene rings is 1. The van der Waals surface area contributed by atoms with Crippen LogP contribution in [0.5, 0.6) is 5.75 Å². The molecule has 3 nitrogen and oxygen atoms in total. The highest BCUT2D eigenvalue weighted by molar-refractivity contribution is 5.79. The summed E-state index contributed by atoms with van der Waals surface area (Å²) in [6.07, 6.45) is 2.71. The molecular formula is C23H38O3. The van der Waals surface area contributed by atoms with Crippen molar-refractivity contribution in [1.82, 2.24) is 0 Å². The van der Waals surface area contributed by atoms with Crippen molar-refractivity contribution in [3.8, 4) is 5.75 Å². The Labute approximate surface area is 160 Å². The Bertz CT molecular complexity index is 571. The predicted molar refractivity (Wildman–Crippen MR) is 109 cm³/mol. The Morgan fingerprint density at radius 2 is 1.73 bits per heavy atom. The molecule has 0 aromatic heterocycles. The molecule has 0 amide bonds. The van der Waals surface area contributed by atoms with Crippen LogP contribution >= 0.6 is 0 Å². The number of esters is 1. The highest BCUT2D eigenvalue weighted by Crippen LogP contribution is 2.57. The topological polar surface area (TPSA) is 35.5 Å². The van der Waals surface area contributed by atoms with Crippen LogP contribution in [0.4, 0.5) is 0 Å². The fourth-order valence-electron chi connectivity index (χ4n) is 4.32. The van der Waals surface area contributed by atoms with Gasteiger partial charge in [-0.15, -0.1) is 0 Å². The minimum Gasteiger partial charge on any atom is -0.496 e. The lowest BCUT2D eigenvalue weighted by Gasteiger charge is -2.49. The molecule has 0 saturated carbocycles. The van der Waals surface area contributed by atoms with Gasteiger partial charge < -0.3 is 9.47 Å². The Morgan fingerprint density at radius 1 is 1.12 bits per heavy atom. The molecule has 1 aromatic carbocycles. The van der Waals surface area contributed by atoms with Crippen molar-refractivity contribution in [2.75, 3.05) is 13.7 Å². The molecule has 0 saturated heterocycles. The van der Waals surface area contributed by atoms with Gasteiger partial charge in [0.1, 0.15) is 5.75 Å². The first-order chi connectivity index (χ1) is 12.2. The van der Waals surface area contributed by atoms with Crippen molar-refractivity contribution in [2.24, 2.45) is 16.7 Å². The third-order valence-corrected chi connectivity index (χ3v) is 5.39. The van der Waals surface area contributed by atoms with E-state index in [1.54, 1.807) is 7.11 Å². The Balaban J connectivity index is 3.73. The standard InChI is InChI=1S/C23H38O3/c1-9-13-19(18-14-11-12-15-20(18)25-8)23(16-17(3)4,22(5,6)7)21(24)26-10-2/h11-12,14-15,17,19H,9-10,13,16H2,1-8H3. The van der Waals surface area contributed by atoms with Crippen molar-refractivity contribution in [1.29, 1.82) is 0 Å². The Hall–Kier alpha value is -1.51. The van der Waals surface area contributed by atoms with E-state index in [0.29, 0.717) is 12.5 Å². The van der Waals surface area contributed by atoms with Crippen LogP contribution in [-0.2, 0) is 9.53 Å². The average Bonchev–Trinajstić information content (AvgIpc) is 2.56. The van der Waals surface area contributed by atoms with E-state index in [1.165, 1.54) is 0 Å². The molecule has 2 unspecified atom stereocenters. The summed E-state index contributed by atoms with van der Waals surface area (Å²) in [6.45, 7) is 15.4. The van der Waals surface area contributed by atoms with Crippen LogP contribution in [0.25, 0.3) is 0 Å². The molecule has 0 aliphatic carbocycles. The van der Waals surface area contributed by atoms with Crippen molar-refractivity contribution in [2.45, 2.75) is 73.6 Å². The van der Waals surface area contributed by atoms with Gasteiger partial charge in [-0.3, -0.25) is 4.79 Å². The van der Waals surface area contributed by atoms with Gasteiger partial charge in [0.2, 0.25) is 0 Å². The van der Waals surface area contributed by atoms with Gasteiger partial charge in [-0.05, 0) is 42.7 Å². The number of rotatable bonds is 9. The maximum Gasteiger partial charge on any atom is 0.313 e. The molecule has 1 rings (SSSR count). The SMILES string of the molecule is CCCC(c1ccccc1OC)C(CC(C)C)(C(=O)OCC)C(C)(C)C. The minimum absolute atomic E-state index is 0.0464. The van der Waals surface area contributed by atoms with Crippen LogP contribution in [0.15, 0.2) is 24.3 Å². The molecule has 3 heteroatoms. The van der Waals surface area contributed by atoms with Crippen LogP contribution in [0.3, 0.4) is 0 Å². The molecule has 0 aliphatic rings. The highest BCUT2D eigenvalue weighted by atomic mass is 16.5. The van der Waals surface area contributed by atoms with Crippen LogP contribution in [0.2, 0.25) is 0 Å². The normalized spacial score (nSPS) is 15.4. The molecule has 0 spiro atoms. The zero-order valence-electron chi connectivity index (χ0n) is 18.0. The monoisotopic (exact) mass is 362 g/mol. The van der Waals surface area contributed by atoms with Gasteiger partial charge in [0.05, 0.1) is 19.1 Å². The van der Waals surface area contributed by atoms with Gasteiger partial charge in [0, 0.05) is 5.92 Å². The molecule has 2 atom stereocenters. The summed E-state index contributed by atoms with van der Waals surface area (Å²) in [5.74, 6) is 1.20. The number of ether oxygens (including phenoxy) is 2. The first-order valence-electron chi connectivity index (χ1n) is 9.95. The first-order valence-corrected chi connectivity index (χ1v) is 9.95. The van der Waals surface area contributed by atoms with Crippen molar-refractivity contribution in [3.05, 3.63) is 29.8 Å². The lowest BCUT2D eigenvalue weighted by Crippen LogP contribution is -2.49. The molecule has 0 aliphatic heterocycles. The molecule has 0 bridgehead atoms. The van der Waals surface area contributed by atoms with E-state index in [9.17, 15) is 4.79 Å². The van der Waals surface area contributed by atoms with E-state index in [4.69, 9.17) is 9.47 Å². The van der Waals surface area contributed by atoms with Gasteiger partial charge in [0.15, 0.2) is 0 Å². The van der Waals surface area contributed by atoms with Gasteiger partial charge in [-0.25, -0.2) is 0 Å². The highest BCUT2D eigenvalue weighted by Gasteiger charge is 2.55. The van der Waals surface area contributed by atoms with Crippen LogP contribution in [0.1, 0.15) is 79.2 Å². The smallest absolute Gasteiger partial charge is 0.313 e. The number of hydrogen-bond donors (Lipinski definition) is 0. The van der Waals surface area contributed by atoms with Gasteiger partial charge in [0.25, 0.3) is 0 Å². The maximum absolute atomic E-state index is 13.5. The largest absolute Gasteiger partial charge is 0.496 e. The maximum atomic E-state index is 13.5. The summed E-state index contributed by atoms with van der Waals surface area (Å²) >= 11 is 0. The molecular weight excluding hydrogens is 324 g/mol. The summed E-state index contributed by atoms with van der Waals surface area (Å²) in [7, 11) is 1.70. The third kappa shape index (κ3) is 4.61. The Kier molecular flexibility index (Phi) is 8.17. The second-order valence-electron chi connectivity index (χ2n) is 8.62. The molecule has 0 N–H and O–H groups in total. The number of methoxy groups -OCH3 is 1. The van der Waals surface area contributed by atoms with Gasteiger partial charge in [-0.1, -0.05) is 66.2 Å². The van der Waals surface area contributed by atoms with Crippen LogP contribution < -0.4 is 4.74 Å². The summed E-state index contributed by atoms with van der Waals surface area (Å²) in [5.41, 5.74) is 0.256. The fraction of sp³-hybridized carbons (Fsp3) is 0.696.